The molecule has 0 saturated carbocycles. The van der Waals surface area contributed by atoms with Crippen molar-refractivity contribution in [2.75, 3.05) is 13.7 Å². The predicted molar refractivity (Wildman–Crippen MR) is 167 cm³/mol. The fourth-order valence-electron chi connectivity index (χ4n) is 4.65. The summed E-state index contributed by atoms with van der Waals surface area (Å²) < 4.78 is 19.5. The lowest BCUT2D eigenvalue weighted by Crippen LogP contribution is -2.40. The number of thiazole rings is 1. The monoisotopic (exact) mass is 710 g/mol. The second-order valence-electron chi connectivity index (χ2n) is 9.11. The summed E-state index contributed by atoms with van der Waals surface area (Å²) in [6.07, 6.45) is 1.65. The predicted octanol–water partition coefficient (Wildman–Crippen LogP) is 5.39. The minimum atomic E-state index is -0.852. The minimum absolute atomic E-state index is 0.149. The molecule has 0 N–H and O–H groups in total. The fourth-order valence-corrected chi connectivity index (χ4v) is 6.98. The van der Waals surface area contributed by atoms with Crippen LogP contribution in [0.4, 0.5) is 0 Å². The van der Waals surface area contributed by atoms with Crippen molar-refractivity contribution in [3.8, 4) is 11.5 Å². The van der Waals surface area contributed by atoms with Gasteiger partial charge in [-0.3, -0.25) is 14.2 Å². The van der Waals surface area contributed by atoms with Crippen molar-refractivity contribution in [1.82, 2.24) is 4.57 Å². The summed E-state index contributed by atoms with van der Waals surface area (Å²) in [7, 11) is 1.55. The van der Waals surface area contributed by atoms with Crippen LogP contribution in [0.15, 0.2) is 91.0 Å². The Morgan fingerprint density at radius 2 is 1.83 bits per heavy atom. The highest BCUT2D eigenvalue weighted by molar-refractivity contribution is 9.11. The van der Waals surface area contributed by atoms with Crippen molar-refractivity contribution < 1.29 is 23.8 Å². The minimum Gasteiger partial charge on any atom is -0.497 e. The third-order valence-corrected chi connectivity index (χ3v) is 8.38. The van der Waals surface area contributed by atoms with Gasteiger partial charge in [-0.25, -0.2) is 9.79 Å². The molecule has 0 unspecified atom stereocenters. The van der Waals surface area contributed by atoms with E-state index in [2.05, 4.69) is 31.9 Å². The average molecular weight is 712 g/mol. The van der Waals surface area contributed by atoms with Crippen LogP contribution in [0.3, 0.4) is 0 Å². The van der Waals surface area contributed by atoms with Crippen molar-refractivity contribution in [1.29, 1.82) is 0 Å². The number of benzene rings is 3. The van der Waals surface area contributed by atoms with Gasteiger partial charge in [0.2, 0.25) is 0 Å². The van der Waals surface area contributed by atoms with Gasteiger partial charge in [-0.1, -0.05) is 69.7 Å². The first-order valence-corrected chi connectivity index (χ1v) is 15.2. The topological polar surface area (TPSA) is 96.2 Å². The zero-order valence-electron chi connectivity index (χ0n) is 22.7. The number of fused-ring (bicyclic) bond motifs is 1. The van der Waals surface area contributed by atoms with Gasteiger partial charge in [0.05, 0.1) is 40.0 Å². The second kappa shape index (κ2) is 12.6. The van der Waals surface area contributed by atoms with Crippen LogP contribution in [0.25, 0.3) is 11.8 Å². The summed E-state index contributed by atoms with van der Waals surface area (Å²) in [6.45, 7) is 3.19. The number of halogens is 2. The number of esters is 2. The molecule has 1 aliphatic heterocycles. The maximum atomic E-state index is 14.2. The van der Waals surface area contributed by atoms with Gasteiger partial charge in [0.15, 0.2) is 10.6 Å². The van der Waals surface area contributed by atoms with Crippen LogP contribution >= 0.6 is 43.2 Å². The van der Waals surface area contributed by atoms with Gasteiger partial charge >= 0.3 is 11.9 Å². The highest BCUT2D eigenvalue weighted by Gasteiger charge is 2.35. The van der Waals surface area contributed by atoms with Gasteiger partial charge in [-0.15, -0.1) is 0 Å². The molecule has 214 valence electrons. The molecule has 11 heteroatoms. The number of rotatable bonds is 7. The van der Waals surface area contributed by atoms with Crippen molar-refractivity contribution in [2.45, 2.75) is 19.9 Å². The Morgan fingerprint density at radius 3 is 2.52 bits per heavy atom. The summed E-state index contributed by atoms with van der Waals surface area (Å²) in [5, 5.41) is 0. The Labute approximate surface area is 261 Å². The lowest BCUT2D eigenvalue weighted by Gasteiger charge is -2.26. The summed E-state index contributed by atoms with van der Waals surface area (Å²) in [6, 6.07) is 19.2. The van der Waals surface area contributed by atoms with E-state index in [1.54, 1.807) is 50.4 Å². The molecular formula is C31H24Br2N2O6S. The molecule has 0 bridgehead atoms. The van der Waals surface area contributed by atoms with Crippen molar-refractivity contribution in [3.63, 3.8) is 0 Å². The first kappa shape index (κ1) is 29.7. The Kier molecular flexibility index (Phi) is 8.91. The molecule has 0 aliphatic carbocycles. The SMILES string of the molecule is CCOC(=O)C1=C(c2ccccc2)N=c2s/c(=C\c3cc(Br)cc(Br)c3OC(C)=O)c(=O)n2[C@H]1c1cccc(OC)c1. The van der Waals surface area contributed by atoms with Gasteiger partial charge in [0, 0.05) is 22.5 Å². The molecule has 0 amide bonds. The fraction of sp³-hybridized carbons (Fsp3) is 0.161. The van der Waals surface area contributed by atoms with Crippen molar-refractivity contribution >= 4 is 66.9 Å². The van der Waals surface area contributed by atoms with E-state index in [9.17, 15) is 14.4 Å². The number of methoxy groups -OCH3 is 1. The Balaban J connectivity index is 1.85. The normalized spacial score (nSPS) is 14.7. The first-order valence-electron chi connectivity index (χ1n) is 12.8. The largest absolute Gasteiger partial charge is 0.497 e. The molecule has 0 radical (unpaired) electrons. The van der Waals surface area contributed by atoms with Gasteiger partial charge < -0.3 is 14.2 Å². The third-order valence-electron chi connectivity index (χ3n) is 6.35. The Hall–Kier alpha value is -3.80. The molecule has 1 aromatic heterocycles. The van der Waals surface area contributed by atoms with E-state index in [-0.39, 0.29) is 23.5 Å². The molecule has 5 rings (SSSR count). The summed E-state index contributed by atoms with van der Waals surface area (Å²) in [5.41, 5.74) is 2.15. The van der Waals surface area contributed by atoms with E-state index in [4.69, 9.17) is 19.2 Å². The van der Waals surface area contributed by atoms with Gasteiger partial charge in [-0.05, 0) is 58.8 Å². The molecule has 2 heterocycles. The average Bonchev–Trinajstić information content (AvgIpc) is 3.28. The van der Waals surface area contributed by atoms with Crippen molar-refractivity contribution in [3.05, 3.63) is 118 Å². The number of hydrogen-bond donors (Lipinski definition) is 0. The Bertz CT molecular complexity index is 1910. The van der Waals surface area contributed by atoms with E-state index in [0.717, 1.165) is 4.47 Å². The molecule has 42 heavy (non-hydrogen) atoms. The van der Waals surface area contributed by atoms with Crippen LogP contribution in [0, 0.1) is 0 Å². The first-order chi connectivity index (χ1) is 20.2. The highest BCUT2D eigenvalue weighted by atomic mass is 79.9. The standard InChI is InChI=1S/C31H24Br2N2O6S/c1-4-40-30(38)25-26(18-9-6-5-7-10-18)34-31-35(27(25)19-11-8-12-22(14-19)39-3)29(37)24(42-31)15-20-13-21(32)16-23(33)28(20)41-17(2)36/h5-16,27H,4H2,1-3H3/b24-15-/t27-/m0/s1. The smallest absolute Gasteiger partial charge is 0.338 e. The number of carbonyl (C=O) groups excluding carboxylic acids is 2. The van der Waals surface area contributed by atoms with Crippen LogP contribution in [-0.4, -0.2) is 30.2 Å². The van der Waals surface area contributed by atoms with E-state index in [1.807, 2.05) is 36.4 Å². The maximum absolute atomic E-state index is 14.2. The maximum Gasteiger partial charge on any atom is 0.338 e. The molecule has 8 nitrogen and oxygen atoms in total. The van der Waals surface area contributed by atoms with Crippen LogP contribution < -0.4 is 24.4 Å². The quantitative estimate of drug-likeness (QED) is 0.188. The molecule has 0 saturated heterocycles. The number of hydrogen-bond acceptors (Lipinski definition) is 8. The summed E-state index contributed by atoms with van der Waals surface area (Å²) in [5.74, 6) is -0.229. The van der Waals surface area contributed by atoms with Gasteiger partial charge in [0.25, 0.3) is 5.56 Å². The third kappa shape index (κ3) is 5.90. The van der Waals surface area contributed by atoms with Crippen molar-refractivity contribution in [2.24, 2.45) is 4.99 Å². The van der Waals surface area contributed by atoms with E-state index < -0.39 is 18.0 Å². The molecular weight excluding hydrogens is 688 g/mol. The zero-order chi connectivity index (χ0) is 30.0. The van der Waals surface area contributed by atoms with Crippen LogP contribution in [0.2, 0.25) is 0 Å². The zero-order valence-corrected chi connectivity index (χ0v) is 26.7. The van der Waals surface area contributed by atoms with Crippen LogP contribution in [0.5, 0.6) is 11.5 Å². The number of ether oxygens (including phenoxy) is 3. The number of nitrogens with zero attached hydrogens (tertiary/aromatic N) is 2. The molecule has 3 aromatic carbocycles. The summed E-state index contributed by atoms with van der Waals surface area (Å²) >= 11 is 8.08. The number of aromatic nitrogens is 1. The van der Waals surface area contributed by atoms with Crippen LogP contribution in [-0.2, 0) is 14.3 Å². The lowest BCUT2D eigenvalue weighted by molar-refractivity contribution is -0.139. The highest BCUT2D eigenvalue weighted by Crippen LogP contribution is 2.37. The number of carbonyl (C=O) groups is 2. The lowest BCUT2D eigenvalue weighted by atomic mass is 9.93. The van der Waals surface area contributed by atoms with E-state index in [0.29, 0.717) is 41.9 Å². The van der Waals surface area contributed by atoms with Gasteiger partial charge in [0.1, 0.15) is 5.75 Å². The molecule has 1 atom stereocenters. The van der Waals surface area contributed by atoms with Gasteiger partial charge in [-0.2, -0.15) is 0 Å². The summed E-state index contributed by atoms with van der Waals surface area (Å²) in [4.78, 5) is 44.9. The second-order valence-corrected chi connectivity index (χ2v) is 11.9. The molecule has 0 spiro atoms. The molecule has 1 aliphatic rings. The molecule has 4 aromatic rings. The van der Waals surface area contributed by atoms with E-state index >= 15 is 0 Å². The molecule has 0 fully saturated rings. The van der Waals surface area contributed by atoms with Crippen LogP contribution in [0.1, 0.15) is 36.6 Å². The van der Waals surface area contributed by atoms with E-state index in [1.165, 1.54) is 22.8 Å². The Morgan fingerprint density at radius 1 is 1.07 bits per heavy atom.